The van der Waals surface area contributed by atoms with Gasteiger partial charge < -0.3 is 10.2 Å². The number of thioether (sulfide) groups is 1. The summed E-state index contributed by atoms with van der Waals surface area (Å²) in [6.45, 7) is 9.87. The third kappa shape index (κ3) is 4.25. The molecular weight excluding hydrogens is 280 g/mol. The smallest absolute Gasteiger partial charge is 0.137 e. The fraction of sp³-hybridized carbons (Fsp3) is 0.750. The fourth-order valence-corrected chi connectivity index (χ4v) is 3.89. The normalized spacial score (nSPS) is 18.8. The summed E-state index contributed by atoms with van der Waals surface area (Å²) in [5.41, 5.74) is 1.30. The summed E-state index contributed by atoms with van der Waals surface area (Å²) in [6.07, 6.45) is 6.23. The number of nitrogens with zero attached hydrogens (tertiary/aromatic N) is 3. The van der Waals surface area contributed by atoms with Gasteiger partial charge in [-0.2, -0.15) is 11.8 Å². The molecule has 2 rings (SSSR count). The van der Waals surface area contributed by atoms with Crippen LogP contribution in [0.4, 0.5) is 11.6 Å². The molecule has 0 bridgehead atoms. The minimum Gasteiger partial charge on any atom is -0.370 e. The van der Waals surface area contributed by atoms with Gasteiger partial charge in [0.1, 0.15) is 18.0 Å². The van der Waals surface area contributed by atoms with Gasteiger partial charge in [-0.05, 0) is 19.3 Å². The zero-order valence-corrected chi connectivity index (χ0v) is 14.4. The number of nitrogens with one attached hydrogen (secondary N) is 1. The van der Waals surface area contributed by atoms with Crippen molar-refractivity contribution in [3.8, 4) is 0 Å². The van der Waals surface area contributed by atoms with Crippen molar-refractivity contribution in [1.29, 1.82) is 0 Å². The molecule has 21 heavy (non-hydrogen) atoms. The highest BCUT2D eigenvalue weighted by atomic mass is 32.2. The van der Waals surface area contributed by atoms with Crippen molar-refractivity contribution in [2.45, 2.75) is 51.7 Å². The van der Waals surface area contributed by atoms with Crippen molar-refractivity contribution in [2.75, 3.05) is 35.6 Å². The van der Waals surface area contributed by atoms with Crippen molar-refractivity contribution in [3.05, 3.63) is 11.9 Å². The molecule has 1 aliphatic rings. The molecule has 2 heterocycles. The Labute approximate surface area is 133 Å². The average molecular weight is 308 g/mol. The lowest BCUT2D eigenvalue weighted by Crippen LogP contribution is -2.38. The van der Waals surface area contributed by atoms with E-state index in [1.807, 2.05) is 0 Å². The SMILES string of the molecule is CCCNc1ncnc(N2CCSC(CC)C2)c1CCC. The Morgan fingerprint density at radius 1 is 1.29 bits per heavy atom. The summed E-state index contributed by atoms with van der Waals surface area (Å²) in [5.74, 6) is 3.39. The van der Waals surface area contributed by atoms with Crippen molar-refractivity contribution in [1.82, 2.24) is 9.97 Å². The summed E-state index contributed by atoms with van der Waals surface area (Å²) >= 11 is 2.10. The molecule has 0 aromatic carbocycles. The second-order valence-electron chi connectivity index (χ2n) is 5.55. The quantitative estimate of drug-likeness (QED) is 0.834. The van der Waals surface area contributed by atoms with Crippen molar-refractivity contribution in [3.63, 3.8) is 0 Å². The molecule has 0 saturated carbocycles. The molecule has 118 valence electrons. The van der Waals surface area contributed by atoms with Gasteiger partial charge in [-0.25, -0.2) is 9.97 Å². The first-order chi connectivity index (χ1) is 10.3. The van der Waals surface area contributed by atoms with Gasteiger partial charge in [-0.1, -0.05) is 27.2 Å². The Bertz CT molecular complexity index is 438. The first-order valence-corrected chi connectivity index (χ1v) is 9.29. The second-order valence-corrected chi connectivity index (χ2v) is 6.96. The van der Waals surface area contributed by atoms with Crippen LogP contribution >= 0.6 is 11.8 Å². The van der Waals surface area contributed by atoms with Crippen molar-refractivity contribution >= 4 is 23.4 Å². The Morgan fingerprint density at radius 2 is 2.14 bits per heavy atom. The van der Waals surface area contributed by atoms with E-state index in [2.05, 4.69) is 52.7 Å². The highest BCUT2D eigenvalue weighted by Crippen LogP contribution is 2.30. The predicted molar refractivity (Wildman–Crippen MR) is 93.6 cm³/mol. The number of rotatable bonds is 7. The maximum Gasteiger partial charge on any atom is 0.137 e. The van der Waals surface area contributed by atoms with Crippen molar-refractivity contribution in [2.24, 2.45) is 0 Å². The molecule has 1 aromatic heterocycles. The molecule has 1 fully saturated rings. The molecule has 0 spiro atoms. The van der Waals surface area contributed by atoms with Crippen LogP contribution in [0.5, 0.6) is 0 Å². The largest absolute Gasteiger partial charge is 0.370 e. The van der Waals surface area contributed by atoms with Crippen LogP contribution < -0.4 is 10.2 Å². The van der Waals surface area contributed by atoms with E-state index < -0.39 is 0 Å². The summed E-state index contributed by atoms with van der Waals surface area (Å²) < 4.78 is 0. The zero-order chi connectivity index (χ0) is 15.1. The molecule has 1 unspecified atom stereocenters. The van der Waals surface area contributed by atoms with Crippen LogP contribution in [0.25, 0.3) is 0 Å². The number of hydrogen-bond acceptors (Lipinski definition) is 5. The number of aromatic nitrogens is 2. The highest BCUT2D eigenvalue weighted by Gasteiger charge is 2.23. The van der Waals surface area contributed by atoms with E-state index in [1.165, 1.54) is 17.7 Å². The first kappa shape index (κ1) is 16.4. The monoisotopic (exact) mass is 308 g/mol. The molecule has 5 heteroatoms. The molecule has 0 amide bonds. The minimum atomic E-state index is 0.732. The Hall–Kier alpha value is -0.970. The Morgan fingerprint density at radius 3 is 2.86 bits per heavy atom. The van der Waals surface area contributed by atoms with E-state index in [0.717, 1.165) is 55.8 Å². The van der Waals surface area contributed by atoms with Gasteiger partial charge >= 0.3 is 0 Å². The van der Waals surface area contributed by atoms with Crippen LogP contribution in [0.2, 0.25) is 0 Å². The van der Waals surface area contributed by atoms with Gasteiger partial charge in [0, 0.05) is 36.2 Å². The van der Waals surface area contributed by atoms with Crippen LogP contribution in [0.15, 0.2) is 6.33 Å². The zero-order valence-electron chi connectivity index (χ0n) is 13.6. The van der Waals surface area contributed by atoms with E-state index in [9.17, 15) is 0 Å². The van der Waals surface area contributed by atoms with Crippen LogP contribution in [0, 0.1) is 0 Å². The molecule has 1 N–H and O–H groups in total. The van der Waals surface area contributed by atoms with Gasteiger partial charge in [0.2, 0.25) is 0 Å². The van der Waals surface area contributed by atoms with Gasteiger partial charge in [-0.3, -0.25) is 0 Å². The van der Waals surface area contributed by atoms with Crippen molar-refractivity contribution < 1.29 is 0 Å². The lowest BCUT2D eigenvalue weighted by atomic mass is 10.1. The molecule has 1 saturated heterocycles. The molecule has 0 aliphatic carbocycles. The lowest BCUT2D eigenvalue weighted by Gasteiger charge is -2.34. The van der Waals surface area contributed by atoms with Gasteiger partial charge in [0.05, 0.1) is 0 Å². The Balaban J connectivity index is 2.24. The number of anilines is 2. The van der Waals surface area contributed by atoms with E-state index in [-0.39, 0.29) is 0 Å². The molecule has 1 aliphatic heterocycles. The fourth-order valence-electron chi connectivity index (χ4n) is 2.71. The Kier molecular flexibility index (Phi) is 6.61. The third-order valence-electron chi connectivity index (χ3n) is 3.86. The molecule has 1 aromatic rings. The average Bonchev–Trinajstić information content (AvgIpc) is 2.54. The van der Waals surface area contributed by atoms with Crippen LogP contribution in [-0.4, -0.2) is 40.6 Å². The van der Waals surface area contributed by atoms with E-state index in [1.54, 1.807) is 6.33 Å². The topological polar surface area (TPSA) is 41.1 Å². The molecule has 4 nitrogen and oxygen atoms in total. The third-order valence-corrected chi connectivity index (χ3v) is 5.23. The van der Waals surface area contributed by atoms with Crippen LogP contribution in [0.3, 0.4) is 0 Å². The maximum atomic E-state index is 4.62. The maximum absolute atomic E-state index is 4.62. The van der Waals surface area contributed by atoms with E-state index in [0.29, 0.717) is 0 Å². The van der Waals surface area contributed by atoms with Crippen LogP contribution in [0.1, 0.15) is 45.6 Å². The summed E-state index contributed by atoms with van der Waals surface area (Å²) in [7, 11) is 0. The van der Waals surface area contributed by atoms with Gasteiger partial charge in [0.15, 0.2) is 0 Å². The van der Waals surface area contributed by atoms with E-state index >= 15 is 0 Å². The van der Waals surface area contributed by atoms with E-state index in [4.69, 9.17) is 0 Å². The summed E-state index contributed by atoms with van der Waals surface area (Å²) in [6, 6.07) is 0. The lowest BCUT2D eigenvalue weighted by molar-refractivity contribution is 0.712. The van der Waals surface area contributed by atoms with Gasteiger partial charge in [-0.15, -0.1) is 0 Å². The van der Waals surface area contributed by atoms with Gasteiger partial charge in [0.25, 0.3) is 0 Å². The minimum absolute atomic E-state index is 0.732. The standard InChI is InChI=1S/C16H28N4S/c1-4-7-14-15(17-8-5-2)18-12-19-16(14)20-9-10-21-13(6-3)11-20/h12-13H,4-11H2,1-3H3,(H,17,18,19). The summed E-state index contributed by atoms with van der Waals surface area (Å²) in [4.78, 5) is 11.6. The number of hydrogen-bond donors (Lipinski definition) is 1. The highest BCUT2D eigenvalue weighted by molar-refractivity contribution is 8.00. The molecule has 0 radical (unpaired) electrons. The second kappa shape index (κ2) is 8.47. The molecule has 1 atom stereocenters. The first-order valence-electron chi connectivity index (χ1n) is 8.24. The van der Waals surface area contributed by atoms with Crippen LogP contribution in [-0.2, 0) is 6.42 Å². The summed E-state index contributed by atoms with van der Waals surface area (Å²) in [5, 5.41) is 4.20. The molecular formula is C16H28N4S. The predicted octanol–water partition coefficient (Wildman–Crippen LogP) is 3.58.